The third-order valence-corrected chi connectivity index (χ3v) is 6.14. The van der Waals surface area contributed by atoms with Gasteiger partial charge in [-0.3, -0.25) is 9.98 Å². The van der Waals surface area contributed by atoms with Gasteiger partial charge < -0.3 is 9.88 Å². The highest BCUT2D eigenvalue weighted by atomic mass is 35.5. The van der Waals surface area contributed by atoms with Gasteiger partial charge in [0, 0.05) is 16.9 Å². The monoisotopic (exact) mass is 451 g/mol. The van der Waals surface area contributed by atoms with E-state index >= 15 is 0 Å². The van der Waals surface area contributed by atoms with Crippen LogP contribution in [-0.2, 0) is 0 Å². The van der Waals surface area contributed by atoms with E-state index in [2.05, 4.69) is 39.1 Å². The molecule has 6 heteroatoms. The molecule has 1 aromatic heterocycles. The minimum atomic E-state index is 0.381. The van der Waals surface area contributed by atoms with E-state index in [1.165, 1.54) is 0 Å². The molecule has 2 heterocycles. The van der Waals surface area contributed by atoms with Crippen molar-refractivity contribution in [1.29, 1.82) is 0 Å². The fourth-order valence-electron chi connectivity index (χ4n) is 4.10. The van der Waals surface area contributed by atoms with E-state index in [9.17, 15) is 0 Å². The summed E-state index contributed by atoms with van der Waals surface area (Å²) in [5.74, 6) is 0. The Bertz CT molecular complexity index is 1530. The van der Waals surface area contributed by atoms with E-state index in [1.807, 2.05) is 55.5 Å². The zero-order valence-electron chi connectivity index (χ0n) is 18.2. The minimum Gasteiger partial charge on any atom is -0.352 e. The standard InChI is InChI=1S/C27H22ClN5/c1-17-21(9-5-13-29-17)31-23-15-25-27(16-24(23)30-19-11-12-19)33(20-7-4-6-18(28)14-20)26-10-3-2-8-22(26)32-25/h2-10,13-16,19,31H,11-12H2,1H3. The topological polar surface area (TPSA) is 55.1 Å². The van der Waals surface area contributed by atoms with E-state index in [0.717, 1.165) is 63.4 Å². The third kappa shape index (κ3) is 3.85. The predicted molar refractivity (Wildman–Crippen MR) is 134 cm³/mol. The number of fused-ring (bicyclic) bond motifs is 2. The molecule has 1 fully saturated rings. The summed E-state index contributed by atoms with van der Waals surface area (Å²) in [5.41, 5.74) is 7.64. The molecule has 0 unspecified atom stereocenters. The Morgan fingerprint density at radius 1 is 0.970 bits per heavy atom. The number of pyridine rings is 1. The van der Waals surface area contributed by atoms with Gasteiger partial charge in [-0.25, -0.2) is 4.98 Å². The molecule has 0 amide bonds. The van der Waals surface area contributed by atoms with Crippen molar-refractivity contribution in [2.75, 3.05) is 5.32 Å². The van der Waals surface area contributed by atoms with Crippen molar-refractivity contribution in [3.05, 3.63) is 95.1 Å². The van der Waals surface area contributed by atoms with Gasteiger partial charge in [0.25, 0.3) is 0 Å². The van der Waals surface area contributed by atoms with E-state index in [0.29, 0.717) is 11.1 Å². The van der Waals surface area contributed by atoms with Crippen LogP contribution in [0.1, 0.15) is 18.5 Å². The second kappa shape index (κ2) is 8.01. The maximum Gasteiger partial charge on any atom is 0.0900 e. The average molecular weight is 452 g/mol. The van der Waals surface area contributed by atoms with Crippen LogP contribution in [0.2, 0.25) is 5.02 Å². The summed E-state index contributed by atoms with van der Waals surface area (Å²) >= 11 is 6.37. The number of aromatic nitrogens is 3. The van der Waals surface area contributed by atoms with Crippen LogP contribution < -0.4 is 10.7 Å². The fraction of sp³-hybridized carbons (Fsp3) is 0.148. The second-order valence-electron chi connectivity index (χ2n) is 8.40. The minimum absolute atomic E-state index is 0.381. The van der Waals surface area contributed by atoms with Gasteiger partial charge in [0.1, 0.15) is 0 Å². The molecule has 5 nitrogen and oxygen atoms in total. The lowest BCUT2D eigenvalue weighted by Crippen LogP contribution is -2.16. The van der Waals surface area contributed by atoms with E-state index in [4.69, 9.17) is 21.6 Å². The number of para-hydroxylation sites is 2. The molecule has 0 spiro atoms. The Morgan fingerprint density at radius 3 is 2.67 bits per heavy atom. The molecule has 162 valence electrons. The van der Waals surface area contributed by atoms with Crippen LogP contribution in [-0.4, -0.2) is 20.6 Å². The first-order valence-corrected chi connectivity index (χ1v) is 11.5. The molecule has 2 aliphatic carbocycles. The number of halogens is 1. The summed E-state index contributed by atoms with van der Waals surface area (Å²) in [6, 6.07) is 24.7. The van der Waals surface area contributed by atoms with Crippen molar-refractivity contribution < 1.29 is 0 Å². The number of benzene rings is 3. The maximum atomic E-state index is 6.37. The van der Waals surface area contributed by atoms with Crippen LogP contribution in [0, 0.1) is 6.92 Å². The van der Waals surface area contributed by atoms with Crippen molar-refractivity contribution >= 4 is 34.0 Å². The summed E-state index contributed by atoms with van der Waals surface area (Å²) in [4.78, 5) is 14.4. The average Bonchev–Trinajstić information content (AvgIpc) is 3.63. The smallest absolute Gasteiger partial charge is 0.0900 e. The Labute approximate surface area is 196 Å². The molecular formula is C27H22ClN5. The molecule has 0 bridgehead atoms. The van der Waals surface area contributed by atoms with Crippen LogP contribution >= 0.6 is 11.6 Å². The fourth-order valence-corrected chi connectivity index (χ4v) is 4.29. The Hall–Kier alpha value is -3.70. The van der Waals surface area contributed by atoms with E-state index in [1.54, 1.807) is 6.20 Å². The summed E-state index contributed by atoms with van der Waals surface area (Å²) in [6.45, 7) is 2.00. The van der Waals surface area contributed by atoms with Crippen molar-refractivity contribution in [2.45, 2.75) is 25.8 Å². The lowest BCUT2D eigenvalue weighted by molar-refractivity contribution is 0.997. The van der Waals surface area contributed by atoms with Gasteiger partial charge in [-0.15, -0.1) is 0 Å². The summed E-state index contributed by atoms with van der Waals surface area (Å²) < 4.78 is 2.22. The predicted octanol–water partition coefficient (Wildman–Crippen LogP) is 6.29. The summed E-state index contributed by atoms with van der Waals surface area (Å²) in [7, 11) is 0. The van der Waals surface area contributed by atoms with Gasteiger partial charge in [-0.05, 0) is 74.4 Å². The van der Waals surface area contributed by atoms with Crippen molar-refractivity contribution in [3.8, 4) is 17.1 Å². The molecule has 0 saturated heterocycles. The van der Waals surface area contributed by atoms with Gasteiger partial charge in [0.2, 0.25) is 0 Å². The van der Waals surface area contributed by atoms with Gasteiger partial charge >= 0.3 is 0 Å². The molecule has 3 aromatic rings. The van der Waals surface area contributed by atoms with E-state index in [-0.39, 0.29) is 0 Å². The summed E-state index contributed by atoms with van der Waals surface area (Å²) in [5, 5.41) is 5.18. The lowest BCUT2D eigenvalue weighted by atomic mass is 10.1. The molecule has 33 heavy (non-hydrogen) atoms. The first-order chi connectivity index (χ1) is 16.2. The number of nitrogens with zero attached hydrogens (tertiary/aromatic N) is 4. The number of aryl methyl sites for hydroxylation is 1. The molecule has 1 N–H and O–H groups in total. The third-order valence-electron chi connectivity index (χ3n) is 5.91. The number of hydrogen-bond acceptors (Lipinski definition) is 4. The highest BCUT2D eigenvalue weighted by Gasteiger charge is 2.22. The Morgan fingerprint density at radius 2 is 1.85 bits per heavy atom. The summed E-state index contributed by atoms with van der Waals surface area (Å²) in [6.07, 6.45) is 4.07. The SMILES string of the molecule is Cc1ncccc1Nc1cc2nc3ccccc3n(-c3cccc(Cl)c3)c-2cc1=NC1CC1. The van der Waals surface area contributed by atoms with Gasteiger partial charge in [-0.1, -0.05) is 29.8 Å². The van der Waals surface area contributed by atoms with E-state index < -0.39 is 0 Å². The Kier molecular flexibility index (Phi) is 4.84. The van der Waals surface area contributed by atoms with Gasteiger partial charge in [0.05, 0.1) is 50.9 Å². The van der Waals surface area contributed by atoms with Crippen molar-refractivity contribution in [3.63, 3.8) is 0 Å². The van der Waals surface area contributed by atoms with Crippen LogP contribution in [0.5, 0.6) is 0 Å². The quantitative estimate of drug-likeness (QED) is 0.326. The van der Waals surface area contributed by atoms with Crippen molar-refractivity contribution in [1.82, 2.24) is 14.5 Å². The number of rotatable bonds is 4. The molecule has 1 aliphatic heterocycles. The highest BCUT2D eigenvalue weighted by Crippen LogP contribution is 2.32. The lowest BCUT2D eigenvalue weighted by Gasteiger charge is -2.20. The molecule has 1 saturated carbocycles. The molecule has 0 radical (unpaired) electrons. The number of anilines is 2. The maximum absolute atomic E-state index is 6.37. The normalized spacial score (nSPS) is 14.2. The first kappa shape index (κ1) is 19.9. The second-order valence-corrected chi connectivity index (χ2v) is 8.83. The molecule has 0 atom stereocenters. The van der Waals surface area contributed by atoms with Crippen LogP contribution in [0.3, 0.4) is 0 Å². The highest BCUT2D eigenvalue weighted by molar-refractivity contribution is 6.30. The molecule has 3 aliphatic rings. The first-order valence-electron chi connectivity index (χ1n) is 11.1. The number of hydrogen-bond donors (Lipinski definition) is 1. The molecular weight excluding hydrogens is 430 g/mol. The number of nitrogens with one attached hydrogen (secondary N) is 1. The zero-order valence-corrected chi connectivity index (χ0v) is 18.9. The largest absolute Gasteiger partial charge is 0.352 e. The molecule has 6 rings (SSSR count). The van der Waals surface area contributed by atoms with Crippen LogP contribution in [0.15, 0.2) is 84.0 Å². The van der Waals surface area contributed by atoms with Gasteiger partial charge in [-0.2, -0.15) is 0 Å². The van der Waals surface area contributed by atoms with Crippen LogP contribution in [0.4, 0.5) is 11.4 Å². The van der Waals surface area contributed by atoms with Crippen molar-refractivity contribution in [2.24, 2.45) is 4.99 Å². The molecule has 2 aromatic carbocycles. The Balaban J connectivity index is 1.65. The van der Waals surface area contributed by atoms with Gasteiger partial charge in [0.15, 0.2) is 0 Å². The van der Waals surface area contributed by atoms with Crippen LogP contribution in [0.25, 0.3) is 28.1 Å². The zero-order chi connectivity index (χ0) is 22.4.